The van der Waals surface area contributed by atoms with Gasteiger partial charge in [-0.2, -0.15) is 0 Å². The van der Waals surface area contributed by atoms with Crippen LogP contribution in [0.15, 0.2) is 48.9 Å². The fourth-order valence-corrected chi connectivity index (χ4v) is 3.68. The zero-order valence-electron chi connectivity index (χ0n) is 15.7. The molecule has 0 aliphatic heterocycles. The molecule has 0 spiro atoms. The maximum atomic E-state index is 6.00. The summed E-state index contributed by atoms with van der Waals surface area (Å²) in [5.74, 6) is 1.53. The van der Waals surface area contributed by atoms with E-state index in [4.69, 9.17) is 21.6 Å². The first kappa shape index (κ1) is 16.9. The molecule has 0 unspecified atom stereocenters. The Kier molecular flexibility index (Phi) is 3.70. The first-order chi connectivity index (χ1) is 13.5. The second-order valence-electron chi connectivity index (χ2n) is 6.84. The normalized spacial score (nSPS) is 11.6. The first-order valence-corrected chi connectivity index (χ1v) is 9.33. The van der Waals surface area contributed by atoms with Gasteiger partial charge in [0.25, 0.3) is 0 Å². The third-order valence-electron chi connectivity index (χ3n) is 5.13. The second kappa shape index (κ2) is 6.14. The van der Waals surface area contributed by atoms with E-state index in [0.29, 0.717) is 10.8 Å². The van der Waals surface area contributed by atoms with Gasteiger partial charge in [-0.05, 0) is 62.2 Å². The minimum Gasteiger partial charge on any atom is -0.282 e. The lowest BCUT2D eigenvalue weighted by molar-refractivity contribution is 0.915. The van der Waals surface area contributed by atoms with Crippen molar-refractivity contribution >= 4 is 28.3 Å². The molecule has 0 amide bonds. The number of benzene rings is 1. The van der Waals surface area contributed by atoms with E-state index in [1.54, 1.807) is 17.0 Å². The third kappa shape index (κ3) is 2.42. The van der Waals surface area contributed by atoms with Crippen molar-refractivity contribution in [3.8, 4) is 17.2 Å². The molecular weight excluding hydrogens is 372 g/mol. The Morgan fingerprint density at radius 3 is 2.46 bits per heavy atom. The molecule has 28 heavy (non-hydrogen) atoms. The van der Waals surface area contributed by atoms with Gasteiger partial charge in [0.15, 0.2) is 17.1 Å². The van der Waals surface area contributed by atoms with E-state index in [-0.39, 0.29) is 0 Å². The van der Waals surface area contributed by atoms with Gasteiger partial charge < -0.3 is 0 Å². The summed E-state index contributed by atoms with van der Waals surface area (Å²) in [5, 5.41) is 6.28. The Balaban J connectivity index is 1.80. The van der Waals surface area contributed by atoms with E-state index in [2.05, 4.69) is 41.5 Å². The largest absolute Gasteiger partial charge is 0.282 e. The Morgan fingerprint density at radius 1 is 0.929 bits per heavy atom. The molecule has 0 N–H and O–H groups in total. The van der Waals surface area contributed by atoms with Crippen molar-refractivity contribution in [2.75, 3.05) is 0 Å². The van der Waals surface area contributed by atoms with E-state index in [9.17, 15) is 0 Å². The van der Waals surface area contributed by atoms with E-state index in [1.807, 2.05) is 30.3 Å². The molecule has 138 valence electrons. The van der Waals surface area contributed by atoms with Crippen molar-refractivity contribution < 1.29 is 0 Å². The molecule has 6 nitrogen and oxygen atoms in total. The molecular formula is C21H17ClN6. The van der Waals surface area contributed by atoms with Gasteiger partial charge in [-0.3, -0.25) is 4.57 Å². The van der Waals surface area contributed by atoms with Crippen molar-refractivity contribution in [3.63, 3.8) is 0 Å². The molecule has 7 heteroatoms. The van der Waals surface area contributed by atoms with Gasteiger partial charge in [0.1, 0.15) is 12.1 Å². The summed E-state index contributed by atoms with van der Waals surface area (Å²) in [6.07, 6.45) is 3.51. The van der Waals surface area contributed by atoms with Gasteiger partial charge in [0.2, 0.25) is 0 Å². The quantitative estimate of drug-likeness (QED) is 0.439. The van der Waals surface area contributed by atoms with Crippen LogP contribution in [0.25, 0.3) is 33.9 Å². The van der Waals surface area contributed by atoms with Crippen molar-refractivity contribution in [2.24, 2.45) is 0 Å². The average molecular weight is 389 g/mol. The smallest absolute Gasteiger partial charge is 0.182 e. The summed E-state index contributed by atoms with van der Waals surface area (Å²) in [5.41, 5.74) is 5.83. The number of aryl methyl sites for hydroxylation is 2. The fraction of sp³-hybridized carbons (Fsp3) is 0.143. The molecule has 0 aliphatic carbocycles. The summed E-state index contributed by atoms with van der Waals surface area (Å²) in [4.78, 5) is 14.1. The molecule has 0 saturated heterocycles. The zero-order valence-corrected chi connectivity index (χ0v) is 16.4. The van der Waals surface area contributed by atoms with Crippen LogP contribution in [0.5, 0.6) is 0 Å². The van der Waals surface area contributed by atoms with Gasteiger partial charge in [-0.1, -0.05) is 17.7 Å². The number of hydrogen-bond acceptors (Lipinski definition) is 4. The molecule has 0 atom stereocenters. The molecule has 5 aromatic rings. The van der Waals surface area contributed by atoms with Gasteiger partial charge in [-0.25, -0.2) is 19.5 Å². The van der Waals surface area contributed by atoms with Gasteiger partial charge in [0.05, 0.1) is 5.39 Å². The van der Waals surface area contributed by atoms with Crippen LogP contribution in [-0.2, 0) is 0 Å². The molecule has 0 saturated carbocycles. The number of fused-ring (bicyclic) bond motifs is 3. The van der Waals surface area contributed by atoms with Crippen LogP contribution < -0.4 is 0 Å². The number of rotatable bonds is 2. The lowest BCUT2D eigenvalue weighted by Crippen LogP contribution is -2.03. The number of pyridine rings is 1. The number of nitrogens with zero attached hydrogens (tertiary/aromatic N) is 6. The van der Waals surface area contributed by atoms with Crippen LogP contribution in [0.1, 0.15) is 16.8 Å². The van der Waals surface area contributed by atoms with Crippen LogP contribution in [0.2, 0.25) is 5.02 Å². The van der Waals surface area contributed by atoms with E-state index < -0.39 is 0 Å². The van der Waals surface area contributed by atoms with Gasteiger partial charge in [0, 0.05) is 22.5 Å². The summed E-state index contributed by atoms with van der Waals surface area (Å²) >= 11 is 6.00. The minimum atomic E-state index is 0.643. The zero-order chi connectivity index (χ0) is 19.4. The van der Waals surface area contributed by atoms with Crippen LogP contribution >= 0.6 is 11.6 Å². The SMILES string of the molecule is Cc1cccnc1-n1c(C)c(C)c2c1ncn1nc(-c3ccc(Cl)cc3)nc21. The van der Waals surface area contributed by atoms with Crippen molar-refractivity contribution in [2.45, 2.75) is 20.8 Å². The molecule has 4 aromatic heterocycles. The summed E-state index contributed by atoms with van der Waals surface area (Å²) < 4.78 is 3.82. The van der Waals surface area contributed by atoms with Crippen LogP contribution in [0, 0.1) is 20.8 Å². The Hall–Kier alpha value is -3.25. The van der Waals surface area contributed by atoms with Crippen molar-refractivity contribution in [1.29, 1.82) is 0 Å². The number of halogens is 1. The van der Waals surface area contributed by atoms with E-state index in [1.165, 1.54) is 0 Å². The molecule has 4 heterocycles. The Morgan fingerprint density at radius 2 is 1.71 bits per heavy atom. The Labute approximate surface area is 166 Å². The molecule has 0 fully saturated rings. The van der Waals surface area contributed by atoms with Crippen LogP contribution in [0.4, 0.5) is 0 Å². The lowest BCUT2D eigenvalue weighted by atomic mass is 10.2. The fourth-order valence-electron chi connectivity index (χ4n) is 3.55. The summed E-state index contributed by atoms with van der Waals surface area (Å²) in [6.45, 7) is 6.22. The topological polar surface area (TPSA) is 60.9 Å². The average Bonchev–Trinajstić information content (AvgIpc) is 3.23. The van der Waals surface area contributed by atoms with Gasteiger partial charge >= 0.3 is 0 Å². The highest BCUT2D eigenvalue weighted by Gasteiger charge is 2.20. The third-order valence-corrected chi connectivity index (χ3v) is 5.38. The summed E-state index contributed by atoms with van der Waals surface area (Å²) in [6, 6.07) is 11.5. The van der Waals surface area contributed by atoms with E-state index in [0.717, 1.165) is 44.9 Å². The van der Waals surface area contributed by atoms with Crippen LogP contribution in [0.3, 0.4) is 0 Å². The van der Waals surface area contributed by atoms with Crippen LogP contribution in [-0.4, -0.2) is 29.1 Å². The number of hydrogen-bond donors (Lipinski definition) is 0. The molecule has 5 rings (SSSR count). The van der Waals surface area contributed by atoms with Gasteiger partial charge in [-0.15, -0.1) is 5.10 Å². The lowest BCUT2D eigenvalue weighted by Gasteiger charge is -2.09. The minimum absolute atomic E-state index is 0.643. The number of aromatic nitrogens is 6. The first-order valence-electron chi connectivity index (χ1n) is 8.95. The van der Waals surface area contributed by atoms with E-state index >= 15 is 0 Å². The second-order valence-corrected chi connectivity index (χ2v) is 7.28. The maximum absolute atomic E-state index is 6.00. The van der Waals surface area contributed by atoms with Crippen molar-refractivity contribution in [3.05, 3.63) is 70.8 Å². The molecule has 0 aliphatic rings. The highest BCUT2D eigenvalue weighted by Crippen LogP contribution is 2.31. The Bertz CT molecular complexity index is 1350. The summed E-state index contributed by atoms with van der Waals surface area (Å²) in [7, 11) is 0. The molecule has 0 radical (unpaired) electrons. The molecule has 1 aromatic carbocycles. The standard InChI is InChI=1S/C21H17ClN6/c1-12-5-4-10-23-19(12)28-14(3)13(2)17-20(28)24-11-27-21(17)25-18(26-27)15-6-8-16(22)9-7-15/h4-11H,1-3H3. The van der Waals surface area contributed by atoms with Crippen molar-refractivity contribution in [1.82, 2.24) is 29.1 Å². The highest BCUT2D eigenvalue weighted by molar-refractivity contribution is 6.30. The monoisotopic (exact) mass is 388 g/mol. The predicted molar refractivity (Wildman–Crippen MR) is 110 cm³/mol. The molecule has 0 bridgehead atoms. The highest BCUT2D eigenvalue weighted by atomic mass is 35.5. The predicted octanol–water partition coefficient (Wildman–Crippen LogP) is 4.71. The maximum Gasteiger partial charge on any atom is 0.182 e.